The van der Waals surface area contributed by atoms with Crippen LogP contribution in [0, 0.1) is 0 Å². The van der Waals surface area contributed by atoms with E-state index in [-0.39, 0.29) is 18.1 Å². The standard InChI is InChI=1S/C21H18N2O4/c24-18-9-6-17(20(25)12-18)13-22-23-21(26)14-27-19-10-7-16(8-11-19)15-4-2-1-3-5-15/h1-13,24-25H,14H2,(H,23,26)/b22-13+. The molecule has 0 atom stereocenters. The summed E-state index contributed by atoms with van der Waals surface area (Å²) in [5.41, 5.74) is 4.84. The van der Waals surface area contributed by atoms with E-state index in [9.17, 15) is 15.0 Å². The molecule has 0 aliphatic carbocycles. The van der Waals surface area contributed by atoms with Gasteiger partial charge in [-0.2, -0.15) is 5.10 Å². The van der Waals surface area contributed by atoms with Crippen molar-refractivity contribution in [1.82, 2.24) is 5.43 Å². The first-order valence-electron chi connectivity index (χ1n) is 8.24. The predicted molar refractivity (Wildman–Crippen MR) is 103 cm³/mol. The topological polar surface area (TPSA) is 91.2 Å². The maximum Gasteiger partial charge on any atom is 0.277 e. The van der Waals surface area contributed by atoms with Gasteiger partial charge in [-0.3, -0.25) is 4.79 Å². The number of nitrogens with zero attached hydrogens (tertiary/aromatic N) is 1. The number of phenols is 2. The van der Waals surface area contributed by atoms with Crippen LogP contribution in [0.3, 0.4) is 0 Å². The molecule has 27 heavy (non-hydrogen) atoms. The Labute approximate surface area is 156 Å². The Morgan fingerprint density at radius 3 is 2.37 bits per heavy atom. The lowest BCUT2D eigenvalue weighted by Gasteiger charge is -2.06. The number of nitrogens with one attached hydrogen (secondary N) is 1. The molecule has 3 aromatic carbocycles. The van der Waals surface area contributed by atoms with Crippen molar-refractivity contribution >= 4 is 12.1 Å². The monoisotopic (exact) mass is 362 g/mol. The zero-order valence-corrected chi connectivity index (χ0v) is 14.4. The fraction of sp³-hybridized carbons (Fsp3) is 0.0476. The third-order valence-corrected chi connectivity index (χ3v) is 3.74. The molecule has 0 fully saturated rings. The van der Waals surface area contributed by atoms with Gasteiger partial charge in [-0.1, -0.05) is 42.5 Å². The third kappa shape index (κ3) is 5.09. The molecule has 3 aromatic rings. The van der Waals surface area contributed by atoms with Crippen LogP contribution in [0.5, 0.6) is 17.2 Å². The first kappa shape index (κ1) is 18.0. The summed E-state index contributed by atoms with van der Waals surface area (Å²) in [4.78, 5) is 11.8. The molecule has 0 heterocycles. The molecule has 0 saturated heterocycles. The van der Waals surface area contributed by atoms with Crippen LogP contribution in [-0.2, 0) is 4.79 Å². The van der Waals surface area contributed by atoms with Crippen molar-refractivity contribution in [3.8, 4) is 28.4 Å². The van der Waals surface area contributed by atoms with Gasteiger partial charge in [0.25, 0.3) is 5.91 Å². The zero-order chi connectivity index (χ0) is 19.1. The smallest absolute Gasteiger partial charge is 0.277 e. The van der Waals surface area contributed by atoms with Crippen LogP contribution >= 0.6 is 0 Å². The second-order valence-electron chi connectivity index (χ2n) is 5.72. The van der Waals surface area contributed by atoms with Crippen LogP contribution in [0.25, 0.3) is 11.1 Å². The van der Waals surface area contributed by atoms with E-state index in [1.807, 2.05) is 42.5 Å². The number of aromatic hydroxyl groups is 2. The Morgan fingerprint density at radius 2 is 1.67 bits per heavy atom. The number of hydrogen-bond acceptors (Lipinski definition) is 5. The lowest BCUT2D eigenvalue weighted by molar-refractivity contribution is -0.123. The van der Waals surface area contributed by atoms with Crippen LogP contribution in [-0.4, -0.2) is 28.9 Å². The normalized spacial score (nSPS) is 10.7. The summed E-state index contributed by atoms with van der Waals surface area (Å²) >= 11 is 0. The molecule has 0 bridgehead atoms. The van der Waals surface area contributed by atoms with Gasteiger partial charge >= 0.3 is 0 Å². The second kappa shape index (κ2) is 8.53. The van der Waals surface area contributed by atoms with Gasteiger partial charge in [-0.25, -0.2) is 5.43 Å². The molecule has 0 spiro atoms. The van der Waals surface area contributed by atoms with E-state index in [1.54, 1.807) is 12.1 Å². The Balaban J connectivity index is 1.49. The fourth-order valence-corrected chi connectivity index (χ4v) is 2.37. The highest BCUT2D eigenvalue weighted by Gasteiger charge is 2.03. The summed E-state index contributed by atoms with van der Waals surface area (Å²) in [6.45, 7) is -0.191. The number of ether oxygens (including phenoxy) is 1. The van der Waals surface area contributed by atoms with Crippen LogP contribution in [0.4, 0.5) is 0 Å². The van der Waals surface area contributed by atoms with Crippen molar-refractivity contribution in [2.45, 2.75) is 0 Å². The average molecular weight is 362 g/mol. The number of phenolic OH excluding ortho intramolecular Hbond substituents is 2. The van der Waals surface area contributed by atoms with E-state index in [4.69, 9.17) is 4.74 Å². The minimum absolute atomic E-state index is 0.0552. The van der Waals surface area contributed by atoms with Crippen LogP contribution in [0.1, 0.15) is 5.56 Å². The largest absolute Gasteiger partial charge is 0.508 e. The minimum Gasteiger partial charge on any atom is -0.508 e. The molecule has 0 aromatic heterocycles. The van der Waals surface area contributed by atoms with Crippen LogP contribution < -0.4 is 10.2 Å². The van der Waals surface area contributed by atoms with E-state index >= 15 is 0 Å². The lowest BCUT2D eigenvalue weighted by atomic mass is 10.1. The maximum atomic E-state index is 11.8. The average Bonchev–Trinajstić information content (AvgIpc) is 2.69. The van der Waals surface area contributed by atoms with E-state index < -0.39 is 5.91 Å². The van der Waals surface area contributed by atoms with Crippen molar-refractivity contribution in [3.05, 3.63) is 78.4 Å². The van der Waals surface area contributed by atoms with Gasteiger partial charge in [0, 0.05) is 11.6 Å². The lowest BCUT2D eigenvalue weighted by Crippen LogP contribution is -2.24. The van der Waals surface area contributed by atoms with Crippen LogP contribution in [0.2, 0.25) is 0 Å². The molecule has 136 valence electrons. The summed E-state index contributed by atoms with van der Waals surface area (Å²) in [7, 11) is 0. The highest BCUT2D eigenvalue weighted by molar-refractivity contribution is 5.85. The van der Waals surface area contributed by atoms with Crippen molar-refractivity contribution in [2.75, 3.05) is 6.61 Å². The summed E-state index contributed by atoms with van der Waals surface area (Å²) in [6, 6.07) is 21.5. The van der Waals surface area contributed by atoms with E-state index in [0.717, 1.165) is 11.1 Å². The summed E-state index contributed by atoms with van der Waals surface area (Å²) in [5, 5.41) is 22.6. The molecule has 3 N–H and O–H groups in total. The molecular weight excluding hydrogens is 344 g/mol. The number of hydrazone groups is 1. The zero-order valence-electron chi connectivity index (χ0n) is 14.4. The molecule has 6 nitrogen and oxygen atoms in total. The molecule has 0 aliphatic heterocycles. The highest BCUT2D eigenvalue weighted by Crippen LogP contribution is 2.22. The molecule has 3 rings (SSSR count). The second-order valence-corrected chi connectivity index (χ2v) is 5.72. The highest BCUT2D eigenvalue weighted by atomic mass is 16.5. The number of benzene rings is 3. The number of carbonyl (C=O) groups is 1. The van der Waals surface area contributed by atoms with E-state index in [1.165, 1.54) is 24.4 Å². The van der Waals surface area contributed by atoms with Crippen molar-refractivity contribution in [2.24, 2.45) is 5.10 Å². The number of amides is 1. The molecule has 0 saturated carbocycles. The number of carbonyl (C=O) groups excluding carboxylic acids is 1. The SMILES string of the molecule is O=C(COc1ccc(-c2ccccc2)cc1)N/N=C/c1ccc(O)cc1O. The Bertz CT molecular complexity index is 938. The maximum absolute atomic E-state index is 11.8. The molecule has 0 radical (unpaired) electrons. The third-order valence-electron chi connectivity index (χ3n) is 3.74. The van der Waals surface area contributed by atoms with Gasteiger partial charge in [0.15, 0.2) is 6.61 Å². The number of hydrogen-bond donors (Lipinski definition) is 3. The molecule has 1 amide bonds. The Hall–Kier alpha value is -3.80. The number of rotatable bonds is 6. The van der Waals surface area contributed by atoms with Crippen molar-refractivity contribution in [3.63, 3.8) is 0 Å². The Morgan fingerprint density at radius 1 is 0.963 bits per heavy atom. The summed E-state index contributed by atoms with van der Waals surface area (Å²) in [5.74, 6) is -0.0511. The predicted octanol–water partition coefficient (Wildman–Crippen LogP) is 3.29. The first-order valence-corrected chi connectivity index (χ1v) is 8.24. The van der Waals surface area contributed by atoms with Crippen molar-refractivity contribution < 1.29 is 19.7 Å². The van der Waals surface area contributed by atoms with Gasteiger partial charge < -0.3 is 14.9 Å². The summed E-state index contributed by atoms with van der Waals surface area (Å²) < 4.78 is 5.43. The van der Waals surface area contributed by atoms with Gasteiger partial charge in [0.2, 0.25) is 0 Å². The Kier molecular flexibility index (Phi) is 5.69. The quantitative estimate of drug-likeness (QED) is 0.463. The van der Waals surface area contributed by atoms with Gasteiger partial charge in [-0.15, -0.1) is 0 Å². The molecule has 6 heteroatoms. The molecule has 0 unspecified atom stereocenters. The van der Waals surface area contributed by atoms with Crippen LogP contribution in [0.15, 0.2) is 77.9 Å². The first-order chi connectivity index (χ1) is 13.1. The van der Waals surface area contributed by atoms with Gasteiger partial charge in [0.1, 0.15) is 17.2 Å². The molecule has 0 aliphatic rings. The van der Waals surface area contributed by atoms with E-state index in [0.29, 0.717) is 11.3 Å². The molecular formula is C21H18N2O4. The summed E-state index contributed by atoms with van der Waals surface area (Å²) in [6.07, 6.45) is 1.28. The van der Waals surface area contributed by atoms with Gasteiger partial charge in [0.05, 0.1) is 6.21 Å². The van der Waals surface area contributed by atoms with Crippen molar-refractivity contribution in [1.29, 1.82) is 0 Å². The van der Waals surface area contributed by atoms with E-state index in [2.05, 4.69) is 10.5 Å². The van der Waals surface area contributed by atoms with Gasteiger partial charge in [-0.05, 0) is 35.4 Å². The minimum atomic E-state index is -0.434. The fourth-order valence-electron chi connectivity index (χ4n) is 2.37.